The minimum Gasteiger partial charge on any atom is -0.289 e. The van der Waals surface area contributed by atoms with Crippen molar-refractivity contribution in [1.82, 2.24) is 14.8 Å². The van der Waals surface area contributed by atoms with Crippen LogP contribution < -0.4 is 5.48 Å². The maximum atomic E-state index is 14.1. The topological polar surface area (TPSA) is 99.6 Å². The van der Waals surface area contributed by atoms with Gasteiger partial charge in [0.2, 0.25) is 10.0 Å². The lowest BCUT2D eigenvalue weighted by Gasteiger charge is -2.30. The van der Waals surface area contributed by atoms with Crippen molar-refractivity contribution in [2.24, 2.45) is 0 Å². The summed E-state index contributed by atoms with van der Waals surface area (Å²) in [5, 5.41) is 9.55. The van der Waals surface area contributed by atoms with Gasteiger partial charge < -0.3 is 0 Å². The van der Waals surface area contributed by atoms with Crippen molar-refractivity contribution in [1.29, 1.82) is 0 Å². The quantitative estimate of drug-likeness (QED) is 0.0902. The first-order chi connectivity index (χ1) is 18.4. The van der Waals surface area contributed by atoms with Crippen LogP contribution in [0.5, 0.6) is 0 Å². The Morgan fingerprint density at radius 2 is 1.71 bits per heavy atom. The van der Waals surface area contributed by atoms with Gasteiger partial charge in [0, 0.05) is 12.3 Å². The Bertz CT molecular complexity index is 1440. The fraction of sp³-hybridized carbons (Fsp3) is 0.286. The normalized spacial score (nSPS) is 12.6. The molecule has 1 aromatic heterocycles. The van der Waals surface area contributed by atoms with Crippen molar-refractivity contribution in [2.75, 3.05) is 5.75 Å². The minimum atomic E-state index is -4.15. The van der Waals surface area contributed by atoms with Gasteiger partial charge in [-0.2, -0.15) is 4.31 Å². The summed E-state index contributed by atoms with van der Waals surface area (Å²) < 4.78 is 31.1. The van der Waals surface area contributed by atoms with Gasteiger partial charge in [-0.25, -0.2) is 18.9 Å². The second-order valence-corrected chi connectivity index (χ2v) is 13.1. The highest BCUT2D eigenvalue weighted by molar-refractivity contribution is 8.01. The lowest BCUT2D eigenvalue weighted by atomic mass is 10.0. The number of hydrogen-bond donors (Lipinski definition) is 2. The minimum absolute atomic E-state index is 0.0344. The largest absolute Gasteiger partial charge is 0.289 e. The third kappa shape index (κ3) is 7.00. The van der Waals surface area contributed by atoms with Crippen molar-refractivity contribution < 1.29 is 18.4 Å². The van der Waals surface area contributed by atoms with Crippen molar-refractivity contribution in [3.05, 3.63) is 90.0 Å². The molecule has 38 heavy (non-hydrogen) atoms. The van der Waals surface area contributed by atoms with Gasteiger partial charge in [-0.15, -0.1) is 11.3 Å². The van der Waals surface area contributed by atoms with Crippen LogP contribution in [-0.2, 0) is 27.8 Å². The van der Waals surface area contributed by atoms with Crippen LogP contribution in [-0.4, -0.2) is 40.6 Å². The van der Waals surface area contributed by atoms with Crippen molar-refractivity contribution in [3.8, 4) is 0 Å². The molecule has 2 N–H and O–H groups in total. The van der Waals surface area contributed by atoms with Crippen LogP contribution in [0.15, 0.2) is 88.1 Å². The van der Waals surface area contributed by atoms with Crippen molar-refractivity contribution in [3.63, 3.8) is 0 Å². The molecule has 4 rings (SSSR count). The van der Waals surface area contributed by atoms with E-state index in [0.717, 1.165) is 44.3 Å². The number of thioether (sulfide) groups is 1. The van der Waals surface area contributed by atoms with E-state index in [-0.39, 0.29) is 17.9 Å². The third-order valence-corrected chi connectivity index (χ3v) is 10.2. The maximum Gasteiger partial charge on any atom is 0.262 e. The molecule has 0 fully saturated rings. The van der Waals surface area contributed by atoms with Crippen LogP contribution in [0.1, 0.15) is 37.3 Å². The molecule has 1 amide bonds. The molecule has 1 atom stereocenters. The number of benzene rings is 3. The number of sulfonamides is 1. The number of amides is 1. The Morgan fingerprint density at radius 3 is 2.37 bits per heavy atom. The number of carbonyl (C=O) groups excluding carboxylic acids is 1. The fourth-order valence-corrected chi connectivity index (χ4v) is 7.97. The number of rotatable bonds is 13. The monoisotopic (exact) mass is 569 g/mol. The maximum absolute atomic E-state index is 14.1. The fourth-order valence-electron chi connectivity index (χ4n) is 4.12. The molecular formula is C28H31N3O4S3. The number of fused-ring (bicyclic) bond motifs is 1. The van der Waals surface area contributed by atoms with Gasteiger partial charge in [0.25, 0.3) is 5.91 Å². The summed E-state index contributed by atoms with van der Waals surface area (Å²) in [6, 6.07) is 22.0. The van der Waals surface area contributed by atoms with Crippen molar-refractivity contribution in [2.45, 2.75) is 54.4 Å². The number of hydroxylamine groups is 1. The lowest BCUT2D eigenvalue weighted by molar-refractivity contribution is -0.133. The van der Waals surface area contributed by atoms with E-state index >= 15 is 0 Å². The van der Waals surface area contributed by atoms with E-state index in [1.807, 2.05) is 60.7 Å². The predicted octanol–water partition coefficient (Wildman–Crippen LogP) is 5.89. The van der Waals surface area contributed by atoms with E-state index < -0.39 is 22.0 Å². The number of nitrogens with one attached hydrogen (secondary N) is 1. The van der Waals surface area contributed by atoms with E-state index in [1.54, 1.807) is 29.4 Å². The SMILES string of the molecule is CCCCCSc1nc2ccc(S(=O)(=O)N(Cc3ccccc3)[C@H](Cc3ccccc3)C(=O)NO)cc2s1. The Hall–Kier alpha value is -2.76. The Labute approximate surface area is 231 Å². The van der Waals surface area contributed by atoms with Crippen LogP contribution in [0.25, 0.3) is 10.2 Å². The molecule has 0 bridgehead atoms. The first-order valence-electron chi connectivity index (χ1n) is 12.5. The number of thiazole rings is 1. The molecule has 7 nitrogen and oxygen atoms in total. The number of hydrogen-bond acceptors (Lipinski definition) is 7. The van der Waals surface area contributed by atoms with Crippen LogP contribution in [0, 0.1) is 0 Å². The molecule has 0 unspecified atom stereocenters. The van der Waals surface area contributed by atoms with Crippen molar-refractivity contribution >= 4 is 49.2 Å². The number of carbonyl (C=O) groups is 1. The highest BCUT2D eigenvalue weighted by Gasteiger charge is 2.36. The second kappa shape index (κ2) is 13.3. The van der Waals surface area contributed by atoms with Gasteiger partial charge in [-0.3, -0.25) is 10.0 Å². The van der Waals surface area contributed by atoms with E-state index in [9.17, 15) is 18.4 Å². The van der Waals surface area contributed by atoms with E-state index in [4.69, 9.17) is 0 Å². The summed E-state index contributed by atoms with van der Waals surface area (Å²) in [5.74, 6) is 0.180. The predicted molar refractivity (Wildman–Crippen MR) is 153 cm³/mol. The molecule has 4 aromatic rings. The van der Waals surface area contributed by atoms with Crippen LogP contribution in [0.2, 0.25) is 0 Å². The molecule has 0 saturated heterocycles. The summed E-state index contributed by atoms with van der Waals surface area (Å²) in [5.41, 5.74) is 3.93. The Kier molecular flexibility index (Phi) is 9.92. The van der Waals surface area contributed by atoms with E-state index in [0.29, 0.717) is 0 Å². The van der Waals surface area contributed by atoms with E-state index in [1.165, 1.54) is 28.1 Å². The zero-order valence-electron chi connectivity index (χ0n) is 21.1. The highest BCUT2D eigenvalue weighted by Crippen LogP contribution is 2.33. The van der Waals surface area contributed by atoms with Crippen LogP contribution >= 0.6 is 23.1 Å². The standard InChI is InChI=1S/C28H31N3O4S3/c1-2-3-10-17-36-28-29-24-16-15-23(19-26(24)37-28)38(34,35)31(20-22-13-8-5-9-14-22)25(27(32)30-33)18-21-11-6-4-7-12-21/h4-9,11-16,19,25,33H,2-3,10,17-18,20H2,1H3,(H,30,32)/t25-/m1/s1. The van der Waals surface area contributed by atoms with E-state index in [2.05, 4.69) is 11.9 Å². The highest BCUT2D eigenvalue weighted by atomic mass is 32.2. The smallest absolute Gasteiger partial charge is 0.262 e. The first-order valence-corrected chi connectivity index (χ1v) is 15.7. The number of unbranched alkanes of at least 4 members (excludes halogenated alkanes) is 2. The summed E-state index contributed by atoms with van der Waals surface area (Å²) in [6.07, 6.45) is 3.53. The second-order valence-electron chi connectivity index (χ2n) is 8.88. The molecule has 0 radical (unpaired) electrons. The molecule has 1 heterocycles. The summed E-state index contributed by atoms with van der Waals surface area (Å²) in [7, 11) is -4.15. The molecule has 200 valence electrons. The van der Waals surface area contributed by atoms with Gasteiger partial charge in [0.15, 0.2) is 4.34 Å². The van der Waals surface area contributed by atoms with Gasteiger partial charge in [-0.05, 0) is 42.2 Å². The average molecular weight is 570 g/mol. The third-order valence-electron chi connectivity index (χ3n) is 6.13. The molecule has 0 aliphatic rings. The zero-order valence-corrected chi connectivity index (χ0v) is 23.6. The molecular weight excluding hydrogens is 539 g/mol. The molecule has 0 saturated carbocycles. The number of nitrogens with zero attached hydrogens (tertiary/aromatic N) is 2. The van der Waals surface area contributed by atoms with Crippen LogP contribution in [0.3, 0.4) is 0 Å². The molecule has 0 aliphatic carbocycles. The Morgan fingerprint density at radius 1 is 1.03 bits per heavy atom. The summed E-state index contributed by atoms with van der Waals surface area (Å²) >= 11 is 3.16. The molecule has 0 spiro atoms. The lowest BCUT2D eigenvalue weighted by Crippen LogP contribution is -2.49. The van der Waals surface area contributed by atoms with Crippen LogP contribution in [0.4, 0.5) is 0 Å². The summed E-state index contributed by atoms with van der Waals surface area (Å²) in [4.78, 5) is 17.6. The Balaban J connectivity index is 1.71. The summed E-state index contributed by atoms with van der Waals surface area (Å²) in [6.45, 7) is 2.13. The molecule has 0 aliphatic heterocycles. The first kappa shape index (κ1) is 28.3. The van der Waals surface area contributed by atoms with Gasteiger partial charge in [0.05, 0.1) is 15.1 Å². The molecule has 3 aromatic carbocycles. The van der Waals surface area contributed by atoms with Gasteiger partial charge >= 0.3 is 0 Å². The van der Waals surface area contributed by atoms with Gasteiger partial charge in [0.1, 0.15) is 6.04 Å². The zero-order chi connectivity index (χ0) is 27.0. The van der Waals surface area contributed by atoms with Gasteiger partial charge in [-0.1, -0.05) is 92.2 Å². The molecule has 10 heteroatoms. The average Bonchev–Trinajstić information content (AvgIpc) is 3.36. The number of aromatic nitrogens is 1.